The topological polar surface area (TPSA) is 55.7 Å². The number of hydrogen-bond donors (Lipinski definition) is 0. The van der Waals surface area contributed by atoms with Crippen LogP contribution in [-0.4, -0.2) is 28.9 Å². The van der Waals surface area contributed by atoms with E-state index < -0.39 is 15.8 Å². The molecule has 0 aromatic rings. The maximum Gasteiger partial charge on any atom is 0.441 e. The molecule has 1 unspecified atom stereocenters. The first-order chi connectivity index (χ1) is 5.16. The van der Waals surface area contributed by atoms with Crippen LogP contribution in [0, 0.1) is 6.42 Å². The molecule has 0 N–H and O–H groups in total. The highest BCUT2D eigenvalue weighted by Crippen LogP contribution is 2.12. The monoisotopic (exact) mass is 176 g/mol. The van der Waals surface area contributed by atoms with Gasteiger partial charge >= 0.3 is 6.09 Å². The lowest BCUT2D eigenvalue weighted by Crippen LogP contribution is -2.05. The smallest absolute Gasteiger partial charge is 0.441 e. The SMILES string of the molecule is COC(=O)N=S1(=O)C[CH]CC1. The Bertz CT molecular complexity index is 253. The third kappa shape index (κ3) is 2.18. The fourth-order valence-corrected chi connectivity index (χ4v) is 2.62. The summed E-state index contributed by atoms with van der Waals surface area (Å²) >= 11 is 0. The van der Waals surface area contributed by atoms with E-state index >= 15 is 0 Å². The van der Waals surface area contributed by atoms with Crippen molar-refractivity contribution in [2.24, 2.45) is 4.36 Å². The molecule has 11 heavy (non-hydrogen) atoms. The molecule has 0 aliphatic carbocycles. The van der Waals surface area contributed by atoms with Crippen molar-refractivity contribution in [2.75, 3.05) is 18.6 Å². The summed E-state index contributed by atoms with van der Waals surface area (Å²) in [5.41, 5.74) is 0. The lowest BCUT2D eigenvalue weighted by molar-refractivity contribution is 0.183. The van der Waals surface area contributed by atoms with E-state index in [0.29, 0.717) is 11.5 Å². The number of nitrogens with zero attached hydrogens (tertiary/aromatic N) is 1. The molecular formula is C6H10NO3S. The van der Waals surface area contributed by atoms with Gasteiger partial charge < -0.3 is 4.74 Å². The van der Waals surface area contributed by atoms with Gasteiger partial charge in [0.1, 0.15) is 0 Å². The highest BCUT2D eigenvalue weighted by Gasteiger charge is 2.18. The Morgan fingerprint density at radius 1 is 1.73 bits per heavy atom. The average molecular weight is 176 g/mol. The molecule has 1 radical (unpaired) electrons. The molecule has 1 rings (SSSR count). The molecule has 0 saturated carbocycles. The molecule has 63 valence electrons. The van der Waals surface area contributed by atoms with Crippen molar-refractivity contribution < 1.29 is 13.7 Å². The van der Waals surface area contributed by atoms with Crippen molar-refractivity contribution in [2.45, 2.75) is 6.42 Å². The Hall–Kier alpha value is -0.580. The lowest BCUT2D eigenvalue weighted by atomic mass is 10.4. The van der Waals surface area contributed by atoms with Crippen molar-refractivity contribution in [1.82, 2.24) is 0 Å². The van der Waals surface area contributed by atoms with Crippen molar-refractivity contribution in [3.63, 3.8) is 0 Å². The maximum atomic E-state index is 11.5. The van der Waals surface area contributed by atoms with Crippen LogP contribution < -0.4 is 0 Å². The standard InChI is InChI=1S/C6H10NO3S/c1-10-6(8)7-11(9)4-2-3-5-11/h2H,3-5H2,1H3. The van der Waals surface area contributed by atoms with E-state index in [0.717, 1.165) is 6.42 Å². The van der Waals surface area contributed by atoms with E-state index in [-0.39, 0.29) is 0 Å². The van der Waals surface area contributed by atoms with Crippen LogP contribution in [0.25, 0.3) is 0 Å². The van der Waals surface area contributed by atoms with Crippen LogP contribution in [0.5, 0.6) is 0 Å². The molecule has 1 aliphatic heterocycles. The van der Waals surface area contributed by atoms with Gasteiger partial charge in [-0.15, -0.1) is 4.36 Å². The fraction of sp³-hybridized carbons (Fsp3) is 0.667. The first kappa shape index (κ1) is 8.52. The summed E-state index contributed by atoms with van der Waals surface area (Å²) in [6.45, 7) is 0. The molecule has 1 heterocycles. The van der Waals surface area contributed by atoms with E-state index in [1.54, 1.807) is 0 Å². The second-order valence-corrected chi connectivity index (χ2v) is 4.75. The number of methoxy groups -OCH3 is 1. The van der Waals surface area contributed by atoms with Gasteiger partial charge in [0.2, 0.25) is 0 Å². The quantitative estimate of drug-likeness (QED) is 0.549. The highest BCUT2D eigenvalue weighted by molar-refractivity contribution is 7.94. The molecule has 4 nitrogen and oxygen atoms in total. The summed E-state index contributed by atoms with van der Waals surface area (Å²) in [6, 6.07) is 0. The van der Waals surface area contributed by atoms with E-state index in [1.807, 2.05) is 6.42 Å². The van der Waals surface area contributed by atoms with Gasteiger partial charge in [-0.25, -0.2) is 9.00 Å². The number of ether oxygens (including phenoxy) is 1. The number of amides is 1. The minimum atomic E-state index is -2.27. The van der Waals surface area contributed by atoms with Crippen LogP contribution in [0.3, 0.4) is 0 Å². The summed E-state index contributed by atoms with van der Waals surface area (Å²) < 4.78 is 19.2. The molecule has 5 heteroatoms. The van der Waals surface area contributed by atoms with Crippen LogP contribution in [0.1, 0.15) is 6.42 Å². The molecule has 1 amide bonds. The lowest BCUT2D eigenvalue weighted by Gasteiger charge is -1.96. The first-order valence-electron chi connectivity index (χ1n) is 3.28. The van der Waals surface area contributed by atoms with Gasteiger partial charge in [-0.2, -0.15) is 0 Å². The number of hydrogen-bond acceptors (Lipinski definition) is 3. The van der Waals surface area contributed by atoms with Crippen LogP contribution in [0.15, 0.2) is 4.36 Å². The Balaban J connectivity index is 2.78. The van der Waals surface area contributed by atoms with Crippen molar-refractivity contribution >= 4 is 15.8 Å². The average Bonchev–Trinajstić information content (AvgIpc) is 2.36. The third-order valence-electron chi connectivity index (χ3n) is 1.43. The molecule has 1 aliphatic rings. The maximum absolute atomic E-state index is 11.5. The molecule has 0 spiro atoms. The summed E-state index contributed by atoms with van der Waals surface area (Å²) in [5.74, 6) is 0.907. The number of rotatable bonds is 0. The second kappa shape index (κ2) is 3.21. The van der Waals surface area contributed by atoms with Crippen molar-refractivity contribution in [3.05, 3.63) is 6.42 Å². The van der Waals surface area contributed by atoms with Crippen LogP contribution in [-0.2, 0) is 14.5 Å². The zero-order valence-corrected chi connectivity index (χ0v) is 7.10. The zero-order chi connectivity index (χ0) is 8.32. The number of carbonyl (C=O) groups excluding carboxylic acids is 1. The molecule has 1 atom stereocenters. The Kier molecular flexibility index (Phi) is 2.49. The summed E-state index contributed by atoms with van der Waals surface area (Å²) in [4.78, 5) is 10.6. The minimum Gasteiger partial charge on any atom is -0.451 e. The van der Waals surface area contributed by atoms with E-state index in [9.17, 15) is 9.00 Å². The van der Waals surface area contributed by atoms with Crippen LogP contribution in [0.4, 0.5) is 4.79 Å². The van der Waals surface area contributed by atoms with E-state index in [2.05, 4.69) is 9.10 Å². The van der Waals surface area contributed by atoms with Gasteiger partial charge in [0.05, 0.1) is 16.8 Å². The molecular weight excluding hydrogens is 166 g/mol. The van der Waals surface area contributed by atoms with Gasteiger partial charge in [-0.1, -0.05) is 0 Å². The van der Waals surface area contributed by atoms with Crippen LogP contribution in [0.2, 0.25) is 0 Å². The van der Waals surface area contributed by atoms with Gasteiger partial charge in [0, 0.05) is 11.5 Å². The van der Waals surface area contributed by atoms with Gasteiger partial charge in [0.25, 0.3) is 0 Å². The molecule has 0 aromatic carbocycles. The second-order valence-electron chi connectivity index (χ2n) is 2.28. The predicted molar refractivity (Wildman–Crippen MR) is 41.6 cm³/mol. The normalized spacial score (nSPS) is 21.2. The van der Waals surface area contributed by atoms with Gasteiger partial charge in [-0.05, 0) is 12.8 Å². The first-order valence-corrected chi connectivity index (χ1v) is 5.14. The Morgan fingerprint density at radius 3 is 2.91 bits per heavy atom. The minimum absolute atomic E-state index is 0.419. The fourth-order valence-electron chi connectivity index (χ4n) is 0.874. The predicted octanol–water partition coefficient (Wildman–Crippen LogP) is 0.829. The van der Waals surface area contributed by atoms with Gasteiger partial charge in [0.15, 0.2) is 0 Å². The third-order valence-corrected chi connectivity index (χ3v) is 3.55. The van der Waals surface area contributed by atoms with Gasteiger partial charge in [-0.3, -0.25) is 0 Å². The van der Waals surface area contributed by atoms with E-state index in [1.165, 1.54) is 7.11 Å². The highest BCUT2D eigenvalue weighted by atomic mass is 32.2. The summed E-state index contributed by atoms with van der Waals surface area (Å²) in [7, 11) is -1.04. The molecule has 0 aromatic heterocycles. The van der Waals surface area contributed by atoms with Crippen molar-refractivity contribution in [1.29, 1.82) is 0 Å². The zero-order valence-electron chi connectivity index (χ0n) is 6.28. The summed E-state index contributed by atoms with van der Waals surface area (Å²) in [6.07, 6.45) is 1.93. The largest absolute Gasteiger partial charge is 0.451 e. The Labute approximate surface area is 66.1 Å². The number of carbonyl (C=O) groups is 1. The van der Waals surface area contributed by atoms with E-state index in [4.69, 9.17) is 0 Å². The molecule has 0 bridgehead atoms. The molecule has 1 saturated heterocycles. The molecule has 1 fully saturated rings. The van der Waals surface area contributed by atoms with Crippen LogP contribution >= 0.6 is 0 Å². The van der Waals surface area contributed by atoms with Crippen molar-refractivity contribution in [3.8, 4) is 0 Å². The summed E-state index contributed by atoms with van der Waals surface area (Å²) in [5, 5.41) is 0. The Morgan fingerprint density at radius 2 is 2.45 bits per heavy atom.